The summed E-state index contributed by atoms with van der Waals surface area (Å²) in [6.45, 7) is 7.83. The van der Waals surface area contributed by atoms with Crippen LogP contribution in [0.25, 0.3) is 0 Å². The highest BCUT2D eigenvalue weighted by Gasteiger charge is 2.30. The minimum absolute atomic E-state index is 0.0145. The SMILES string of the molecule is CC(C)Oc1ccccc1NC(=O)C1CCC(C(=O)Nc2ccccc2OC(C)C)CC1. The summed E-state index contributed by atoms with van der Waals surface area (Å²) in [7, 11) is 0. The van der Waals surface area contributed by atoms with Crippen molar-refractivity contribution in [3.8, 4) is 11.5 Å². The molecule has 1 aliphatic carbocycles. The maximum Gasteiger partial charge on any atom is 0.227 e. The normalized spacial score (nSPS) is 18.3. The van der Waals surface area contributed by atoms with E-state index >= 15 is 0 Å². The van der Waals surface area contributed by atoms with Crippen LogP contribution in [-0.2, 0) is 9.59 Å². The highest BCUT2D eigenvalue weighted by molar-refractivity contribution is 5.95. The molecule has 32 heavy (non-hydrogen) atoms. The Hall–Kier alpha value is -3.02. The van der Waals surface area contributed by atoms with Gasteiger partial charge in [0.25, 0.3) is 0 Å². The molecule has 1 fully saturated rings. The van der Waals surface area contributed by atoms with Gasteiger partial charge in [0.1, 0.15) is 11.5 Å². The van der Waals surface area contributed by atoms with Gasteiger partial charge in [-0.1, -0.05) is 24.3 Å². The lowest BCUT2D eigenvalue weighted by Gasteiger charge is -2.27. The summed E-state index contributed by atoms with van der Waals surface area (Å²) in [5, 5.41) is 6.03. The van der Waals surface area contributed by atoms with Crippen molar-refractivity contribution in [2.24, 2.45) is 11.8 Å². The number of benzene rings is 2. The fourth-order valence-electron chi connectivity index (χ4n) is 3.94. The molecule has 1 aliphatic rings. The van der Waals surface area contributed by atoms with Crippen LogP contribution in [0.15, 0.2) is 48.5 Å². The third-order valence-electron chi connectivity index (χ3n) is 5.48. The van der Waals surface area contributed by atoms with Gasteiger partial charge in [-0.05, 0) is 77.6 Å². The third-order valence-corrected chi connectivity index (χ3v) is 5.48. The fraction of sp³-hybridized carbons (Fsp3) is 0.462. The summed E-state index contributed by atoms with van der Waals surface area (Å²) in [5.74, 6) is 1.10. The Balaban J connectivity index is 1.54. The molecule has 3 rings (SSSR count). The third kappa shape index (κ3) is 6.49. The molecular formula is C26H34N2O4. The average Bonchev–Trinajstić information content (AvgIpc) is 2.76. The van der Waals surface area contributed by atoms with Crippen molar-refractivity contribution in [3.63, 3.8) is 0 Å². The molecule has 2 aromatic rings. The van der Waals surface area contributed by atoms with E-state index in [1.165, 1.54) is 0 Å². The molecule has 0 unspecified atom stereocenters. The van der Waals surface area contributed by atoms with Crippen molar-refractivity contribution in [3.05, 3.63) is 48.5 Å². The van der Waals surface area contributed by atoms with E-state index in [-0.39, 0.29) is 35.9 Å². The Labute approximate surface area is 190 Å². The lowest BCUT2D eigenvalue weighted by Crippen LogP contribution is -2.32. The van der Waals surface area contributed by atoms with Crippen LogP contribution in [0.5, 0.6) is 11.5 Å². The molecule has 172 valence electrons. The second-order valence-corrected chi connectivity index (χ2v) is 8.85. The molecule has 0 spiro atoms. The number of anilines is 2. The Morgan fingerprint density at radius 2 is 1.03 bits per heavy atom. The van der Waals surface area contributed by atoms with Crippen molar-refractivity contribution in [1.82, 2.24) is 0 Å². The number of nitrogens with one attached hydrogen (secondary N) is 2. The molecular weight excluding hydrogens is 404 g/mol. The first-order valence-corrected chi connectivity index (χ1v) is 11.5. The average molecular weight is 439 g/mol. The first-order chi connectivity index (χ1) is 15.3. The van der Waals surface area contributed by atoms with E-state index in [0.29, 0.717) is 48.6 Å². The van der Waals surface area contributed by atoms with Crippen molar-refractivity contribution in [1.29, 1.82) is 0 Å². The monoisotopic (exact) mass is 438 g/mol. The van der Waals surface area contributed by atoms with Gasteiger partial charge >= 0.3 is 0 Å². The molecule has 6 nitrogen and oxygen atoms in total. The Kier molecular flexibility index (Phi) is 8.14. The molecule has 0 aromatic heterocycles. The van der Waals surface area contributed by atoms with E-state index < -0.39 is 0 Å². The molecule has 2 amide bonds. The molecule has 2 aromatic carbocycles. The molecule has 0 heterocycles. The number of carbonyl (C=O) groups excluding carboxylic acids is 2. The molecule has 0 aliphatic heterocycles. The van der Waals surface area contributed by atoms with Crippen LogP contribution >= 0.6 is 0 Å². The Bertz CT molecular complexity index is 842. The van der Waals surface area contributed by atoms with E-state index in [4.69, 9.17) is 9.47 Å². The highest BCUT2D eigenvalue weighted by Crippen LogP contribution is 2.33. The zero-order valence-electron chi connectivity index (χ0n) is 19.4. The number of rotatable bonds is 8. The topological polar surface area (TPSA) is 76.7 Å². The van der Waals surface area contributed by atoms with Crippen molar-refractivity contribution in [2.45, 2.75) is 65.6 Å². The van der Waals surface area contributed by atoms with E-state index in [9.17, 15) is 9.59 Å². The second-order valence-electron chi connectivity index (χ2n) is 8.85. The van der Waals surface area contributed by atoms with Gasteiger partial charge in [0, 0.05) is 11.8 Å². The van der Waals surface area contributed by atoms with E-state index in [1.807, 2.05) is 76.2 Å². The largest absolute Gasteiger partial charge is 0.489 e. The van der Waals surface area contributed by atoms with E-state index in [2.05, 4.69) is 10.6 Å². The van der Waals surface area contributed by atoms with Crippen LogP contribution in [0.1, 0.15) is 53.4 Å². The van der Waals surface area contributed by atoms with Crippen molar-refractivity contribution >= 4 is 23.2 Å². The first-order valence-electron chi connectivity index (χ1n) is 11.5. The summed E-state index contributed by atoms with van der Waals surface area (Å²) in [4.78, 5) is 25.7. The molecule has 0 saturated heterocycles. The maximum atomic E-state index is 12.8. The first kappa shape index (κ1) is 23.6. The lowest BCUT2D eigenvalue weighted by atomic mass is 9.81. The number of ether oxygens (including phenoxy) is 2. The fourth-order valence-corrected chi connectivity index (χ4v) is 3.94. The Morgan fingerprint density at radius 3 is 1.38 bits per heavy atom. The van der Waals surface area contributed by atoms with Crippen molar-refractivity contribution < 1.29 is 19.1 Å². The van der Waals surface area contributed by atoms with E-state index in [1.54, 1.807) is 0 Å². The number of carbonyl (C=O) groups is 2. The van der Waals surface area contributed by atoms with Gasteiger partial charge < -0.3 is 20.1 Å². The van der Waals surface area contributed by atoms with Crippen LogP contribution in [0, 0.1) is 11.8 Å². The zero-order chi connectivity index (χ0) is 23.1. The number of hydrogen-bond donors (Lipinski definition) is 2. The molecule has 0 bridgehead atoms. The molecule has 0 atom stereocenters. The zero-order valence-corrected chi connectivity index (χ0v) is 19.4. The predicted octanol–water partition coefficient (Wildman–Crippen LogP) is 5.64. The van der Waals surface area contributed by atoms with Crippen LogP contribution in [0.4, 0.5) is 11.4 Å². The lowest BCUT2D eigenvalue weighted by molar-refractivity contribution is -0.125. The van der Waals surface area contributed by atoms with Gasteiger partial charge in [0.2, 0.25) is 11.8 Å². The molecule has 6 heteroatoms. The Morgan fingerprint density at radius 1 is 0.688 bits per heavy atom. The highest BCUT2D eigenvalue weighted by atomic mass is 16.5. The van der Waals surface area contributed by atoms with Gasteiger partial charge in [-0.25, -0.2) is 0 Å². The summed E-state index contributed by atoms with van der Waals surface area (Å²) >= 11 is 0. The van der Waals surface area contributed by atoms with Crippen LogP contribution in [-0.4, -0.2) is 24.0 Å². The minimum Gasteiger partial charge on any atom is -0.489 e. The summed E-state index contributed by atoms with van der Waals surface area (Å²) < 4.78 is 11.6. The smallest absolute Gasteiger partial charge is 0.227 e. The van der Waals surface area contributed by atoms with Gasteiger partial charge in [-0.3, -0.25) is 9.59 Å². The standard InChI is InChI=1S/C26H34N2O4/c1-17(2)31-23-11-7-5-9-21(23)27-25(29)19-13-15-20(16-14-19)26(30)28-22-10-6-8-12-24(22)32-18(3)4/h5-12,17-20H,13-16H2,1-4H3,(H,27,29)(H,28,30). The van der Waals surface area contributed by atoms with Crippen molar-refractivity contribution in [2.75, 3.05) is 10.6 Å². The van der Waals surface area contributed by atoms with Gasteiger partial charge in [0.15, 0.2) is 0 Å². The number of para-hydroxylation sites is 4. The minimum atomic E-state index is -0.109. The van der Waals surface area contributed by atoms with Crippen LogP contribution in [0.3, 0.4) is 0 Å². The van der Waals surface area contributed by atoms with E-state index in [0.717, 1.165) is 0 Å². The number of hydrogen-bond acceptors (Lipinski definition) is 4. The molecule has 2 N–H and O–H groups in total. The second kappa shape index (κ2) is 11.0. The maximum absolute atomic E-state index is 12.8. The van der Waals surface area contributed by atoms with Gasteiger partial charge in [0.05, 0.1) is 23.6 Å². The van der Waals surface area contributed by atoms with Crippen LogP contribution in [0.2, 0.25) is 0 Å². The quantitative estimate of drug-likeness (QED) is 0.559. The summed E-state index contributed by atoms with van der Waals surface area (Å²) in [6, 6.07) is 15.0. The predicted molar refractivity (Wildman–Crippen MR) is 127 cm³/mol. The summed E-state index contributed by atoms with van der Waals surface area (Å²) in [6.07, 6.45) is 2.78. The molecule has 0 radical (unpaired) electrons. The summed E-state index contributed by atoms with van der Waals surface area (Å²) in [5.41, 5.74) is 1.38. The van der Waals surface area contributed by atoms with Gasteiger partial charge in [-0.15, -0.1) is 0 Å². The molecule has 1 saturated carbocycles. The van der Waals surface area contributed by atoms with Crippen LogP contribution < -0.4 is 20.1 Å². The van der Waals surface area contributed by atoms with Gasteiger partial charge in [-0.2, -0.15) is 0 Å². The number of amides is 2.